The van der Waals surface area contributed by atoms with Gasteiger partial charge in [0.2, 0.25) is 0 Å². The second-order valence-electron chi connectivity index (χ2n) is 2.63. The van der Waals surface area contributed by atoms with Crippen molar-refractivity contribution < 1.29 is 9.85 Å². The van der Waals surface area contributed by atoms with Gasteiger partial charge in [0.25, 0.3) is 0 Å². The van der Waals surface area contributed by atoms with Gasteiger partial charge in [-0.3, -0.25) is 0 Å². The van der Waals surface area contributed by atoms with Crippen molar-refractivity contribution in [3.8, 4) is 0 Å². The van der Waals surface area contributed by atoms with Crippen LogP contribution in [0.15, 0.2) is 10.2 Å². The number of hydrogen-bond acceptors (Lipinski definition) is 10. The van der Waals surface area contributed by atoms with Crippen LogP contribution in [0.25, 0.3) is 0 Å². The topological polar surface area (TPSA) is 194 Å². The summed E-state index contributed by atoms with van der Waals surface area (Å²) < 4.78 is 0. The summed E-state index contributed by atoms with van der Waals surface area (Å²) in [7, 11) is 0. The van der Waals surface area contributed by atoms with Crippen molar-refractivity contribution in [3.63, 3.8) is 0 Å². The van der Waals surface area contributed by atoms with E-state index in [1.807, 2.05) is 10.2 Å². The quantitative estimate of drug-likeness (QED) is 0.436. The average Bonchev–Trinajstić information content (AvgIpc) is 2.95. The maximum atomic E-state index is 10.3. The van der Waals surface area contributed by atoms with Crippen LogP contribution in [0, 0.1) is 20.2 Å². The third-order valence-electron chi connectivity index (χ3n) is 1.50. The van der Waals surface area contributed by atoms with Crippen molar-refractivity contribution in [2.24, 2.45) is 10.2 Å². The summed E-state index contributed by atoms with van der Waals surface area (Å²) in [6.07, 6.45) is 0. The first-order valence-electron chi connectivity index (χ1n) is 4.11. The first-order valence-corrected chi connectivity index (χ1v) is 4.11. The monoisotopic (exact) mass is 254 g/mol. The Morgan fingerprint density at radius 2 is 1.28 bits per heavy atom. The Morgan fingerprint density at radius 3 is 1.56 bits per heavy atom. The zero-order chi connectivity index (χ0) is 13.1. The molecule has 2 aromatic rings. The number of nitrogens with one attached hydrogen (secondary N) is 2. The van der Waals surface area contributed by atoms with E-state index in [0.29, 0.717) is 0 Å². The molecule has 0 saturated carbocycles. The summed E-state index contributed by atoms with van der Waals surface area (Å²) >= 11 is 0. The minimum atomic E-state index is -0.802. The number of aromatic amines is 2. The predicted molar refractivity (Wildman–Crippen MR) is 50.3 cm³/mol. The van der Waals surface area contributed by atoms with Gasteiger partial charge in [-0.2, -0.15) is 0 Å². The Kier molecular flexibility index (Phi) is 2.65. The lowest BCUT2D eigenvalue weighted by Gasteiger charge is -1.83. The lowest BCUT2D eigenvalue weighted by atomic mass is 11.0. The number of rotatable bonds is 4. The molecule has 0 radical (unpaired) electrons. The van der Waals surface area contributed by atoms with Crippen LogP contribution in [-0.4, -0.2) is 40.2 Å². The van der Waals surface area contributed by atoms with Crippen LogP contribution in [0.1, 0.15) is 0 Å². The molecule has 0 fully saturated rings. The molecule has 0 bridgehead atoms. The van der Waals surface area contributed by atoms with Crippen LogP contribution in [0.3, 0.4) is 0 Å². The third-order valence-corrected chi connectivity index (χ3v) is 1.50. The molecule has 2 rings (SSSR count). The summed E-state index contributed by atoms with van der Waals surface area (Å²) in [4.78, 5) is 25.6. The summed E-state index contributed by atoms with van der Waals surface area (Å²) in [6, 6.07) is 0. The van der Waals surface area contributed by atoms with E-state index >= 15 is 0 Å². The Hall–Kier alpha value is -3.32. The highest BCUT2D eigenvalue weighted by Crippen LogP contribution is 2.14. The molecule has 92 valence electrons. The first kappa shape index (κ1) is 11.2. The van der Waals surface area contributed by atoms with Crippen LogP contribution in [0.4, 0.5) is 23.8 Å². The smallest absolute Gasteiger partial charge is 0.390 e. The molecule has 2 heterocycles. The van der Waals surface area contributed by atoms with Gasteiger partial charge in [0.05, 0.1) is 0 Å². The van der Waals surface area contributed by atoms with E-state index in [1.54, 1.807) is 0 Å². The summed E-state index contributed by atoms with van der Waals surface area (Å²) in [5.74, 6) is -1.86. The predicted octanol–water partition coefficient (Wildman–Crippen LogP) is 0.155. The van der Waals surface area contributed by atoms with Crippen molar-refractivity contribution in [1.29, 1.82) is 0 Å². The molecule has 0 saturated heterocycles. The molecule has 18 heavy (non-hydrogen) atoms. The molecule has 0 amide bonds. The summed E-state index contributed by atoms with van der Waals surface area (Å²) in [6.45, 7) is 0. The number of H-pyrrole nitrogens is 2. The molecular formula is C4H2N10O4. The SMILES string of the molecule is O=[N+]([O-])c1nc(/N=N\c2n[nH]c([N+](=O)[O-])n2)n[nH]1. The van der Waals surface area contributed by atoms with E-state index in [0.717, 1.165) is 0 Å². The van der Waals surface area contributed by atoms with E-state index in [9.17, 15) is 20.2 Å². The number of aromatic nitrogens is 6. The fraction of sp³-hybridized carbons (Fsp3) is 0. The highest BCUT2D eigenvalue weighted by molar-refractivity contribution is 5.21. The van der Waals surface area contributed by atoms with E-state index in [4.69, 9.17) is 0 Å². The highest BCUT2D eigenvalue weighted by atomic mass is 16.6. The Labute approximate surface area is 95.5 Å². The minimum Gasteiger partial charge on any atom is -0.390 e. The second-order valence-corrected chi connectivity index (χ2v) is 2.63. The van der Waals surface area contributed by atoms with Crippen LogP contribution >= 0.6 is 0 Å². The van der Waals surface area contributed by atoms with Crippen molar-refractivity contribution in [2.75, 3.05) is 0 Å². The lowest BCUT2D eigenvalue weighted by Crippen LogP contribution is -1.88. The van der Waals surface area contributed by atoms with Gasteiger partial charge in [0.15, 0.2) is 0 Å². The molecule has 0 aliphatic carbocycles. The van der Waals surface area contributed by atoms with Crippen molar-refractivity contribution >= 4 is 23.8 Å². The number of azo groups is 1. The van der Waals surface area contributed by atoms with E-state index in [2.05, 4.69) is 30.4 Å². The zero-order valence-electron chi connectivity index (χ0n) is 8.21. The van der Waals surface area contributed by atoms with Gasteiger partial charge < -0.3 is 20.2 Å². The Morgan fingerprint density at radius 1 is 0.889 bits per heavy atom. The number of nitro groups is 2. The molecule has 0 aliphatic rings. The van der Waals surface area contributed by atoms with Crippen LogP contribution < -0.4 is 0 Å². The third kappa shape index (κ3) is 2.26. The first-order chi connectivity index (χ1) is 8.56. The van der Waals surface area contributed by atoms with E-state index in [-0.39, 0.29) is 11.9 Å². The molecular weight excluding hydrogens is 252 g/mol. The van der Waals surface area contributed by atoms with Gasteiger partial charge in [0.1, 0.15) is 0 Å². The normalized spacial score (nSPS) is 10.9. The average molecular weight is 254 g/mol. The summed E-state index contributed by atoms with van der Waals surface area (Å²) in [5, 5.41) is 37.9. The van der Waals surface area contributed by atoms with Gasteiger partial charge in [0, 0.05) is 0 Å². The van der Waals surface area contributed by atoms with Gasteiger partial charge in [-0.05, 0) is 19.8 Å². The molecule has 2 N–H and O–H groups in total. The Bertz CT molecular complexity index is 571. The minimum absolute atomic E-state index is 0.325. The summed E-state index contributed by atoms with van der Waals surface area (Å²) in [5.41, 5.74) is 0. The van der Waals surface area contributed by atoms with Gasteiger partial charge in [-0.15, -0.1) is 10.2 Å². The van der Waals surface area contributed by atoms with Gasteiger partial charge >= 0.3 is 23.8 Å². The molecule has 0 atom stereocenters. The molecule has 2 aromatic heterocycles. The molecule has 0 aliphatic heterocycles. The Balaban J connectivity index is 2.13. The van der Waals surface area contributed by atoms with E-state index < -0.39 is 21.7 Å². The van der Waals surface area contributed by atoms with E-state index in [1.165, 1.54) is 0 Å². The van der Waals surface area contributed by atoms with Crippen molar-refractivity contribution in [2.45, 2.75) is 0 Å². The highest BCUT2D eigenvalue weighted by Gasteiger charge is 2.15. The molecule has 14 nitrogen and oxygen atoms in total. The largest absolute Gasteiger partial charge is 0.455 e. The van der Waals surface area contributed by atoms with Gasteiger partial charge in [-0.25, -0.2) is 0 Å². The zero-order valence-corrected chi connectivity index (χ0v) is 8.21. The van der Waals surface area contributed by atoms with Crippen molar-refractivity contribution in [1.82, 2.24) is 30.4 Å². The fourth-order valence-electron chi connectivity index (χ4n) is 0.832. The number of hydrogen-bond donors (Lipinski definition) is 2. The molecule has 0 aromatic carbocycles. The van der Waals surface area contributed by atoms with Gasteiger partial charge in [-0.1, -0.05) is 20.4 Å². The lowest BCUT2D eigenvalue weighted by molar-refractivity contribution is -0.394. The van der Waals surface area contributed by atoms with Crippen molar-refractivity contribution in [3.05, 3.63) is 20.2 Å². The molecule has 0 unspecified atom stereocenters. The fourth-order valence-corrected chi connectivity index (χ4v) is 0.832. The molecule has 0 spiro atoms. The van der Waals surface area contributed by atoms with Crippen LogP contribution in [0.5, 0.6) is 0 Å². The second kappa shape index (κ2) is 4.28. The van der Waals surface area contributed by atoms with Crippen LogP contribution in [-0.2, 0) is 0 Å². The maximum absolute atomic E-state index is 10.3. The standard InChI is InChI=1S/C4H2N10O4/c15-13(16)3-5-1(9-11-3)7-8-2-6-4(12-10-2)14(17)18/h(H,5,9,11)(H,6,10,12)/b8-7-. The van der Waals surface area contributed by atoms with Crippen LogP contribution in [0.2, 0.25) is 0 Å². The maximum Gasteiger partial charge on any atom is 0.455 e. The number of nitrogens with zero attached hydrogens (tertiary/aromatic N) is 8. The molecule has 14 heteroatoms.